The molecule has 1 aliphatic heterocycles. The third-order valence-electron chi connectivity index (χ3n) is 3.01. The SMILES string of the molecule is CC(C)CN(Cc1ccncc1)C1CNC1.Cl.Cl. The van der Waals surface area contributed by atoms with Gasteiger partial charge in [-0.15, -0.1) is 24.8 Å². The molecule has 0 spiro atoms. The van der Waals surface area contributed by atoms with Gasteiger partial charge in [0.2, 0.25) is 0 Å². The van der Waals surface area contributed by atoms with E-state index in [1.54, 1.807) is 0 Å². The Morgan fingerprint density at radius 1 is 1.28 bits per heavy atom. The van der Waals surface area contributed by atoms with E-state index in [0.29, 0.717) is 0 Å². The fraction of sp³-hybridized carbons (Fsp3) is 0.615. The quantitative estimate of drug-likeness (QED) is 0.903. The van der Waals surface area contributed by atoms with Crippen LogP contribution in [0.25, 0.3) is 0 Å². The van der Waals surface area contributed by atoms with E-state index in [2.05, 4.69) is 41.2 Å². The second-order valence-corrected chi connectivity index (χ2v) is 4.99. The molecule has 1 fully saturated rings. The Bertz CT molecular complexity index is 315. The molecule has 104 valence electrons. The summed E-state index contributed by atoms with van der Waals surface area (Å²) < 4.78 is 0. The van der Waals surface area contributed by atoms with Gasteiger partial charge in [0, 0.05) is 44.6 Å². The van der Waals surface area contributed by atoms with Crippen molar-refractivity contribution in [1.29, 1.82) is 0 Å². The number of nitrogens with one attached hydrogen (secondary N) is 1. The molecule has 0 amide bonds. The molecule has 0 unspecified atom stereocenters. The van der Waals surface area contributed by atoms with E-state index in [9.17, 15) is 0 Å². The van der Waals surface area contributed by atoms with Gasteiger partial charge in [-0.2, -0.15) is 0 Å². The molecule has 0 aromatic carbocycles. The van der Waals surface area contributed by atoms with E-state index < -0.39 is 0 Å². The molecule has 18 heavy (non-hydrogen) atoms. The zero-order valence-corrected chi connectivity index (χ0v) is 12.6. The first-order valence-corrected chi connectivity index (χ1v) is 6.09. The van der Waals surface area contributed by atoms with Crippen LogP contribution in [-0.4, -0.2) is 35.6 Å². The van der Waals surface area contributed by atoms with Gasteiger partial charge in [0.05, 0.1) is 0 Å². The van der Waals surface area contributed by atoms with Crippen LogP contribution in [0.5, 0.6) is 0 Å². The van der Waals surface area contributed by atoms with Gasteiger partial charge in [0.15, 0.2) is 0 Å². The van der Waals surface area contributed by atoms with Crippen molar-refractivity contribution in [2.24, 2.45) is 5.92 Å². The second-order valence-electron chi connectivity index (χ2n) is 4.99. The lowest BCUT2D eigenvalue weighted by molar-refractivity contribution is 0.122. The van der Waals surface area contributed by atoms with Gasteiger partial charge in [-0.3, -0.25) is 9.88 Å². The molecule has 0 bridgehead atoms. The molecule has 0 radical (unpaired) electrons. The molecule has 0 atom stereocenters. The maximum absolute atomic E-state index is 4.06. The Morgan fingerprint density at radius 2 is 1.89 bits per heavy atom. The molecule has 1 aromatic heterocycles. The highest BCUT2D eigenvalue weighted by Crippen LogP contribution is 2.13. The molecule has 0 saturated carbocycles. The monoisotopic (exact) mass is 291 g/mol. The van der Waals surface area contributed by atoms with Crippen molar-refractivity contribution in [1.82, 2.24) is 15.2 Å². The van der Waals surface area contributed by atoms with Crippen LogP contribution in [0.15, 0.2) is 24.5 Å². The standard InChI is InChI=1S/C13H21N3.2ClH/c1-11(2)9-16(13-7-15-8-13)10-12-3-5-14-6-4-12;;/h3-6,11,13,15H,7-10H2,1-2H3;2*1H. The zero-order chi connectivity index (χ0) is 11.4. The van der Waals surface area contributed by atoms with Gasteiger partial charge in [-0.1, -0.05) is 13.8 Å². The molecule has 1 N–H and O–H groups in total. The summed E-state index contributed by atoms with van der Waals surface area (Å²) in [5, 5.41) is 3.35. The van der Waals surface area contributed by atoms with Crippen molar-refractivity contribution < 1.29 is 0 Å². The fourth-order valence-corrected chi connectivity index (χ4v) is 2.07. The van der Waals surface area contributed by atoms with E-state index in [1.165, 1.54) is 12.1 Å². The second kappa shape index (κ2) is 8.70. The predicted molar refractivity (Wildman–Crippen MR) is 80.6 cm³/mol. The maximum Gasteiger partial charge on any atom is 0.0349 e. The van der Waals surface area contributed by atoms with E-state index in [-0.39, 0.29) is 24.8 Å². The number of pyridine rings is 1. The Labute approximate surface area is 122 Å². The summed E-state index contributed by atoms with van der Waals surface area (Å²) in [6, 6.07) is 4.94. The molecule has 1 aromatic rings. The van der Waals surface area contributed by atoms with E-state index >= 15 is 0 Å². The number of hydrogen-bond donors (Lipinski definition) is 1. The summed E-state index contributed by atoms with van der Waals surface area (Å²) >= 11 is 0. The van der Waals surface area contributed by atoms with Crippen LogP contribution in [0.4, 0.5) is 0 Å². The molecule has 1 aliphatic rings. The van der Waals surface area contributed by atoms with Gasteiger partial charge < -0.3 is 5.32 Å². The topological polar surface area (TPSA) is 28.2 Å². The van der Waals surface area contributed by atoms with Gasteiger partial charge >= 0.3 is 0 Å². The summed E-state index contributed by atoms with van der Waals surface area (Å²) in [7, 11) is 0. The average Bonchev–Trinajstić information content (AvgIpc) is 2.15. The van der Waals surface area contributed by atoms with Gasteiger partial charge in [0.25, 0.3) is 0 Å². The molecule has 0 aliphatic carbocycles. The molecule has 5 heteroatoms. The number of halogens is 2. The molecule has 3 nitrogen and oxygen atoms in total. The van der Waals surface area contributed by atoms with E-state index in [4.69, 9.17) is 0 Å². The lowest BCUT2D eigenvalue weighted by atomic mass is 10.1. The van der Waals surface area contributed by atoms with Crippen LogP contribution >= 0.6 is 24.8 Å². The Balaban J connectivity index is 0.00000144. The number of rotatable bonds is 5. The Morgan fingerprint density at radius 3 is 2.33 bits per heavy atom. The van der Waals surface area contributed by atoms with Crippen molar-refractivity contribution >= 4 is 24.8 Å². The Hall–Kier alpha value is -0.350. The molecule has 2 rings (SSSR count). The highest BCUT2D eigenvalue weighted by atomic mass is 35.5. The summed E-state index contributed by atoms with van der Waals surface area (Å²) in [5.41, 5.74) is 1.36. The molecular weight excluding hydrogens is 269 g/mol. The maximum atomic E-state index is 4.06. The van der Waals surface area contributed by atoms with Crippen LogP contribution in [0.1, 0.15) is 19.4 Å². The van der Waals surface area contributed by atoms with Crippen molar-refractivity contribution in [2.45, 2.75) is 26.4 Å². The lowest BCUT2D eigenvalue weighted by Gasteiger charge is -2.39. The third-order valence-corrected chi connectivity index (χ3v) is 3.01. The van der Waals surface area contributed by atoms with Crippen molar-refractivity contribution in [3.8, 4) is 0 Å². The van der Waals surface area contributed by atoms with Crippen molar-refractivity contribution in [2.75, 3.05) is 19.6 Å². The predicted octanol–water partition coefficient (Wildman–Crippen LogP) is 2.36. The average molecular weight is 292 g/mol. The van der Waals surface area contributed by atoms with Crippen LogP contribution in [-0.2, 0) is 6.54 Å². The van der Waals surface area contributed by atoms with E-state index in [1.807, 2.05) is 12.4 Å². The smallest absolute Gasteiger partial charge is 0.0349 e. The first kappa shape index (κ1) is 17.6. The van der Waals surface area contributed by atoms with Crippen LogP contribution < -0.4 is 5.32 Å². The summed E-state index contributed by atoms with van der Waals surface area (Å²) in [6.45, 7) is 9.06. The van der Waals surface area contributed by atoms with Gasteiger partial charge in [-0.05, 0) is 23.6 Å². The minimum absolute atomic E-state index is 0. The zero-order valence-electron chi connectivity index (χ0n) is 11.0. The normalized spacial score (nSPS) is 14.9. The van der Waals surface area contributed by atoms with Crippen LogP contribution in [0, 0.1) is 5.92 Å². The Kier molecular flexibility index (Phi) is 8.53. The molecule has 2 heterocycles. The summed E-state index contributed by atoms with van der Waals surface area (Å²) in [6.07, 6.45) is 3.75. The largest absolute Gasteiger partial charge is 0.314 e. The minimum atomic E-state index is 0. The van der Waals surface area contributed by atoms with Crippen LogP contribution in [0.3, 0.4) is 0 Å². The summed E-state index contributed by atoms with van der Waals surface area (Å²) in [4.78, 5) is 6.64. The highest BCUT2D eigenvalue weighted by molar-refractivity contribution is 5.85. The van der Waals surface area contributed by atoms with Gasteiger partial charge in [-0.25, -0.2) is 0 Å². The van der Waals surface area contributed by atoms with Crippen molar-refractivity contribution in [3.05, 3.63) is 30.1 Å². The summed E-state index contributed by atoms with van der Waals surface area (Å²) in [5.74, 6) is 0.724. The highest BCUT2D eigenvalue weighted by Gasteiger charge is 2.24. The molecule has 1 saturated heterocycles. The van der Waals surface area contributed by atoms with Crippen LogP contribution in [0.2, 0.25) is 0 Å². The minimum Gasteiger partial charge on any atom is -0.314 e. The number of aromatic nitrogens is 1. The van der Waals surface area contributed by atoms with Gasteiger partial charge in [0.1, 0.15) is 0 Å². The first-order valence-electron chi connectivity index (χ1n) is 6.09. The first-order chi connectivity index (χ1) is 7.75. The third kappa shape index (κ3) is 5.11. The number of nitrogens with zero attached hydrogens (tertiary/aromatic N) is 2. The molecular formula is C13H23Cl2N3. The van der Waals surface area contributed by atoms with Crippen molar-refractivity contribution in [3.63, 3.8) is 0 Å². The fourth-order valence-electron chi connectivity index (χ4n) is 2.07. The van der Waals surface area contributed by atoms with E-state index in [0.717, 1.165) is 31.6 Å². The lowest BCUT2D eigenvalue weighted by Crippen LogP contribution is -2.57. The number of hydrogen-bond acceptors (Lipinski definition) is 3.